The van der Waals surface area contributed by atoms with E-state index in [9.17, 15) is 4.79 Å². The van der Waals surface area contributed by atoms with Crippen molar-refractivity contribution in [1.29, 1.82) is 0 Å². The SMILES string of the molecule is CN(C(=O)OC(C)(C)C)[C@H]1CC[C@@H](Oc2ncnc3sc4c(c23)[C@@H](CC(I)c2ncco2)CC4)CC1. The number of halogens is 1. The summed E-state index contributed by atoms with van der Waals surface area (Å²) in [6, 6.07) is 0.163. The van der Waals surface area contributed by atoms with Gasteiger partial charge in [-0.05, 0) is 77.2 Å². The Balaban J connectivity index is 1.27. The van der Waals surface area contributed by atoms with Gasteiger partial charge in [-0.3, -0.25) is 0 Å². The van der Waals surface area contributed by atoms with Gasteiger partial charge < -0.3 is 18.8 Å². The van der Waals surface area contributed by atoms with Crippen molar-refractivity contribution < 1.29 is 18.7 Å². The van der Waals surface area contributed by atoms with E-state index in [0.29, 0.717) is 11.8 Å². The molecule has 8 nitrogen and oxygen atoms in total. The number of amides is 1. The van der Waals surface area contributed by atoms with E-state index < -0.39 is 5.60 Å². The first-order valence-corrected chi connectivity index (χ1v) is 14.7. The Morgan fingerprint density at radius 1 is 1.22 bits per heavy atom. The lowest BCUT2D eigenvalue weighted by molar-refractivity contribution is 0.0137. The Labute approximate surface area is 229 Å². The molecular weight excluding hydrogens is 591 g/mol. The molecule has 1 unspecified atom stereocenters. The fourth-order valence-corrected chi connectivity index (χ4v) is 7.45. The number of nitrogens with zero attached hydrogens (tertiary/aromatic N) is 4. The van der Waals surface area contributed by atoms with Gasteiger partial charge in [-0.1, -0.05) is 22.6 Å². The van der Waals surface area contributed by atoms with Crippen molar-refractivity contribution in [3.05, 3.63) is 35.1 Å². The Morgan fingerprint density at radius 2 is 2.00 bits per heavy atom. The minimum atomic E-state index is -0.492. The smallest absolute Gasteiger partial charge is 0.410 e. The summed E-state index contributed by atoms with van der Waals surface area (Å²) in [7, 11) is 1.83. The number of carbonyl (C=O) groups is 1. The van der Waals surface area contributed by atoms with Gasteiger partial charge in [0.15, 0.2) is 0 Å². The van der Waals surface area contributed by atoms with Crippen LogP contribution >= 0.6 is 33.9 Å². The monoisotopic (exact) mass is 624 g/mol. The van der Waals surface area contributed by atoms with Crippen LogP contribution < -0.4 is 4.74 Å². The number of aryl methyl sites for hydroxylation is 1. The molecule has 3 heterocycles. The summed E-state index contributed by atoms with van der Waals surface area (Å²) in [4.78, 5) is 30.2. The molecule has 2 aliphatic carbocycles. The summed E-state index contributed by atoms with van der Waals surface area (Å²) in [6.07, 6.45) is 11.4. The second kappa shape index (κ2) is 10.4. The highest BCUT2D eigenvalue weighted by Crippen LogP contribution is 2.50. The van der Waals surface area contributed by atoms with Crippen LogP contribution in [0.25, 0.3) is 10.2 Å². The van der Waals surface area contributed by atoms with Gasteiger partial charge in [0.1, 0.15) is 29.1 Å². The van der Waals surface area contributed by atoms with Crippen LogP contribution in [0.15, 0.2) is 23.2 Å². The van der Waals surface area contributed by atoms with Crippen LogP contribution in [-0.4, -0.2) is 50.7 Å². The van der Waals surface area contributed by atoms with Crippen molar-refractivity contribution in [1.82, 2.24) is 19.9 Å². The lowest BCUT2D eigenvalue weighted by Gasteiger charge is -2.35. The lowest BCUT2D eigenvalue weighted by atomic mass is 9.92. The van der Waals surface area contributed by atoms with Gasteiger partial charge in [0, 0.05) is 18.0 Å². The molecule has 1 saturated carbocycles. The van der Waals surface area contributed by atoms with Crippen molar-refractivity contribution in [2.24, 2.45) is 0 Å². The van der Waals surface area contributed by atoms with Gasteiger partial charge in [0.05, 0.1) is 15.5 Å². The Morgan fingerprint density at radius 3 is 2.69 bits per heavy atom. The van der Waals surface area contributed by atoms with Gasteiger partial charge in [-0.15, -0.1) is 11.3 Å². The maximum atomic E-state index is 12.5. The molecule has 1 fully saturated rings. The fraction of sp³-hybridized carbons (Fsp3) is 0.615. The summed E-state index contributed by atoms with van der Waals surface area (Å²) >= 11 is 4.21. The zero-order chi connectivity index (χ0) is 25.4. The normalized spacial score (nSPS) is 22.9. The number of fused-ring (bicyclic) bond motifs is 3. The van der Waals surface area contributed by atoms with Crippen LogP contribution in [0.5, 0.6) is 5.88 Å². The minimum Gasteiger partial charge on any atom is -0.474 e. The number of hydrogen-bond donors (Lipinski definition) is 0. The lowest BCUT2D eigenvalue weighted by Crippen LogP contribution is -2.43. The van der Waals surface area contributed by atoms with Crippen LogP contribution in [0.3, 0.4) is 0 Å². The molecule has 10 heteroatoms. The highest BCUT2D eigenvalue weighted by atomic mass is 127. The zero-order valence-corrected chi connectivity index (χ0v) is 24.2. The van der Waals surface area contributed by atoms with Crippen molar-refractivity contribution in [2.45, 2.75) is 93.3 Å². The van der Waals surface area contributed by atoms with Gasteiger partial charge in [-0.2, -0.15) is 0 Å². The van der Waals surface area contributed by atoms with Gasteiger partial charge in [0.2, 0.25) is 11.8 Å². The standard InChI is InChI=1S/C26H33IN4O4S/c1-26(2,3)35-25(32)31(4)16-6-8-17(9-7-16)34-23-21-20-15(13-18(27)22-28-11-12-33-22)5-10-19(20)36-24(21)30-14-29-23/h11-12,14-18H,5-10,13H2,1-4H3/t15-,16-,17+,18?/m1/s1. The summed E-state index contributed by atoms with van der Waals surface area (Å²) in [5, 5.41) is 1.09. The second-order valence-electron chi connectivity index (χ2n) is 10.7. The predicted octanol–water partition coefficient (Wildman–Crippen LogP) is 6.83. The minimum absolute atomic E-state index is 0.0754. The number of carbonyl (C=O) groups excluding carboxylic acids is 1. The quantitative estimate of drug-likeness (QED) is 0.219. The van der Waals surface area contributed by atoms with Crippen LogP contribution in [0.1, 0.15) is 85.5 Å². The van der Waals surface area contributed by atoms with Crippen molar-refractivity contribution >= 4 is 50.2 Å². The maximum absolute atomic E-state index is 12.5. The predicted molar refractivity (Wildman–Crippen MR) is 147 cm³/mol. The van der Waals surface area contributed by atoms with Crippen molar-refractivity contribution in [3.63, 3.8) is 0 Å². The third-order valence-electron chi connectivity index (χ3n) is 7.06. The highest BCUT2D eigenvalue weighted by Gasteiger charge is 2.34. The number of aromatic nitrogens is 3. The molecule has 5 rings (SSSR count). The molecule has 0 spiro atoms. The molecule has 1 amide bonds. The largest absolute Gasteiger partial charge is 0.474 e. The molecule has 0 aromatic carbocycles. The highest BCUT2D eigenvalue weighted by molar-refractivity contribution is 14.1. The number of hydrogen-bond acceptors (Lipinski definition) is 8. The molecule has 0 aliphatic heterocycles. The molecular formula is C26H33IN4O4S. The number of rotatable bonds is 6. The zero-order valence-electron chi connectivity index (χ0n) is 21.2. The van der Waals surface area contributed by atoms with Crippen LogP contribution in [0.4, 0.5) is 4.79 Å². The summed E-state index contributed by atoms with van der Waals surface area (Å²) in [6.45, 7) is 5.68. The van der Waals surface area contributed by atoms with Gasteiger partial charge >= 0.3 is 6.09 Å². The average molecular weight is 625 g/mol. The van der Waals surface area contributed by atoms with E-state index in [0.717, 1.165) is 61.1 Å². The molecule has 36 heavy (non-hydrogen) atoms. The summed E-state index contributed by atoms with van der Waals surface area (Å²) in [5.41, 5.74) is 0.867. The Hall–Kier alpha value is -1.95. The van der Waals surface area contributed by atoms with E-state index in [-0.39, 0.29) is 22.2 Å². The van der Waals surface area contributed by atoms with E-state index in [1.54, 1.807) is 35.0 Å². The summed E-state index contributed by atoms with van der Waals surface area (Å²) < 4.78 is 17.9. The van der Waals surface area contributed by atoms with E-state index in [1.807, 2.05) is 27.8 Å². The second-order valence-corrected chi connectivity index (χ2v) is 13.3. The van der Waals surface area contributed by atoms with Crippen LogP contribution in [0, 0.1) is 0 Å². The van der Waals surface area contributed by atoms with Crippen molar-refractivity contribution in [3.8, 4) is 5.88 Å². The third kappa shape index (κ3) is 5.49. The molecule has 2 aliphatic rings. The first-order valence-electron chi connectivity index (χ1n) is 12.6. The molecule has 3 aromatic heterocycles. The van der Waals surface area contributed by atoms with Crippen LogP contribution in [-0.2, 0) is 11.2 Å². The number of thiophene rings is 1. The summed E-state index contributed by atoms with van der Waals surface area (Å²) in [5.74, 6) is 1.90. The fourth-order valence-electron chi connectivity index (χ4n) is 5.30. The van der Waals surface area contributed by atoms with Gasteiger partial charge in [0.25, 0.3) is 0 Å². The van der Waals surface area contributed by atoms with E-state index in [1.165, 1.54) is 10.4 Å². The molecule has 0 radical (unpaired) electrons. The average Bonchev–Trinajstić information content (AvgIpc) is 3.56. The first-order chi connectivity index (χ1) is 17.2. The Bertz CT molecular complexity index is 1200. The van der Waals surface area contributed by atoms with Crippen LogP contribution in [0.2, 0.25) is 0 Å². The maximum Gasteiger partial charge on any atom is 0.410 e. The molecule has 194 valence electrons. The number of oxazole rings is 1. The molecule has 0 N–H and O–H groups in total. The number of alkyl halides is 1. The van der Waals surface area contributed by atoms with Gasteiger partial charge in [-0.25, -0.2) is 19.7 Å². The van der Waals surface area contributed by atoms with E-state index >= 15 is 0 Å². The molecule has 0 saturated heterocycles. The van der Waals surface area contributed by atoms with E-state index in [4.69, 9.17) is 13.9 Å². The topological polar surface area (TPSA) is 90.6 Å². The molecule has 3 aromatic rings. The van der Waals surface area contributed by atoms with E-state index in [2.05, 4.69) is 37.5 Å². The number of ether oxygens (including phenoxy) is 2. The molecule has 0 bridgehead atoms. The Kier molecular flexibility index (Phi) is 7.44. The third-order valence-corrected chi connectivity index (χ3v) is 9.27. The van der Waals surface area contributed by atoms with Crippen molar-refractivity contribution in [2.75, 3.05) is 7.05 Å². The molecule has 2 atom stereocenters. The first kappa shape index (κ1) is 25.7.